The van der Waals surface area contributed by atoms with Crippen molar-refractivity contribution in [1.29, 1.82) is 0 Å². The number of carboxylic acids is 1. The van der Waals surface area contributed by atoms with Gasteiger partial charge in [0.15, 0.2) is 0 Å². The molecule has 208 valence electrons. The van der Waals surface area contributed by atoms with Gasteiger partial charge in [-0.05, 0) is 85.4 Å². The first-order valence-corrected chi connectivity index (χ1v) is 13.2. The quantitative estimate of drug-likeness (QED) is 0.216. The summed E-state index contributed by atoms with van der Waals surface area (Å²) in [5.74, 6) is -2.81. The van der Waals surface area contributed by atoms with E-state index in [1.54, 1.807) is 30.5 Å². The van der Waals surface area contributed by atoms with Crippen LogP contribution >= 0.6 is 0 Å². The number of likely N-dealkylation sites (tertiary alicyclic amines) is 1. The molecular weight excluding hydrogens is 518 g/mol. The highest BCUT2D eigenvalue weighted by atomic mass is 19.1. The summed E-state index contributed by atoms with van der Waals surface area (Å²) in [5.41, 5.74) is 2.83. The van der Waals surface area contributed by atoms with Gasteiger partial charge in [-0.25, -0.2) is 18.4 Å². The summed E-state index contributed by atoms with van der Waals surface area (Å²) >= 11 is 0. The van der Waals surface area contributed by atoms with Crippen LogP contribution in [0.3, 0.4) is 0 Å². The molecule has 1 aliphatic rings. The number of hydrogen-bond acceptors (Lipinski definition) is 5. The first kappa shape index (κ1) is 27.3. The summed E-state index contributed by atoms with van der Waals surface area (Å²) in [7, 11) is 0. The van der Waals surface area contributed by atoms with Gasteiger partial charge in [0.2, 0.25) is 0 Å². The van der Waals surface area contributed by atoms with Gasteiger partial charge in [0.1, 0.15) is 30.1 Å². The molecule has 5 rings (SSSR count). The molecule has 0 bridgehead atoms. The number of carbonyl (C=O) groups excluding carboxylic acids is 1. The van der Waals surface area contributed by atoms with Crippen LogP contribution in [-0.2, 0) is 14.3 Å². The van der Waals surface area contributed by atoms with Crippen LogP contribution in [0.25, 0.3) is 10.9 Å². The van der Waals surface area contributed by atoms with Crippen LogP contribution in [0.5, 0.6) is 5.75 Å². The molecule has 3 aromatic carbocycles. The molecule has 40 heavy (non-hydrogen) atoms. The van der Waals surface area contributed by atoms with Gasteiger partial charge in [-0.3, -0.25) is 4.90 Å². The van der Waals surface area contributed by atoms with Crippen molar-refractivity contribution in [3.8, 4) is 5.75 Å². The number of aromatic nitrogens is 1. The zero-order chi connectivity index (χ0) is 28.1. The Morgan fingerprint density at radius 1 is 0.925 bits per heavy atom. The minimum absolute atomic E-state index is 0.00295. The number of esters is 1. The smallest absolute Gasteiger partial charge is 0.417 e. The van der Waals surface area contributed by atoms with E-state index < -0.39 is 18.0 Å². The Labute approximate surface area is 230 Å². The molecule has 0 spiro atoms. The molecule has 1 aromatic heterocycles. The zero-order valence-corrected chi connectivity index (χ0v) is 21.8. The Bertz CT molecular complexity index is 1400. The molecule has 0 amide bonds. The van der Waals surface area contributed by atoms with E-state index in [1.165, 1.54) is 24.3 Å². The average molecular weight is 549 g/mol. The van der Waals surface area contributed by atoms with Crippen LogP contribution in [0.2, 0.25) is 0 Å². The van der Waals surface area contributed by atoms with Crippen LogP contribution in [-0.4, -0.2) is 59.3 Å². The van der Waals surface area contributed by atoms with Crippen LogP contribution < -0.4 is 4.74 Å². The van der Waals surface area contributed by atoms with Gasteiger partial charge in [0.25, 0.3) is 0 Å². The summed E-state index contributed by atoms with van der Waals surface area (Å²) < 4.78 is 38.6. The molecule has 1 aliphatic heterocycles. The molecule has 2 heterocycles. The predicted octanol–water partition coefficient (Wildman–Crippen LogP) is 5.37. The van der Waals surface area contributed by atoms with E-state index in [0.29, 0.717) is 25.4 Å². The van der Waals surface area contributed by atoms with Gasteiger partial charge < -0.3 is 19.6 Å². The van der Waals surface area contributed by atoms with E-state index in [-0.39, 0.29) is 30.1 Å². The van der Waals surface area contributed by atoms with Crippen LogP contribution in [0.1, 0.15) is 29.9 Å². The van der Waals surface area contributed by atoms with E-state index in [2.05, 4.69) is 9.88 Å². The maximum atomic E-state index is 13.7. The molecule has 7 nitrogen and oxygen atoms in total. The second-order valence-corrected chi connectivity index (χ2v) is 10.1. The fraction of sp³-hybridized carbons (Fsp3) is 0.290. The fourth-order valence-electron chi connectivity index (χ4n) is 5.52. The van der Waals surface area contributed by atoms with Gasteiger partial charge in [0, 0.05) is 29.6 Å². The molecule has 2 N–H and O–H groups in total. The van der Waals surface area contributed by atoms with E-state index >= 15 is 0 Å². The van der Waals surface area contributed by atoms with E-state index in [9.17, 15) is 18.4 Å². The lowest BCUT2D eigenvalue weighted by molar-refractivity contribution is -0.169. The van der Waals surface area contributed by atoms with E-state index in [1.807, 2.05) is 24.3 Å². The number of carbonyl (C=O) groups is 2. The van der Waals surface area contributed by atoms with Crippen molar-refractivity contribution >= 4 is 22.8 Å². The predicted molar refractivity (Wildman–Crippen MR) is 145 cm³/mol. The molecule has 0 aliphatic carbocycles. The minimum Gasteiger partial charge on any atom is -0.489 e. The zero-order valence-electron chi connectivity index (χ0n) is 21.8. The monoisotopic (exact) mass is 548 g/mol. The molecule has 0 radical (unpaired) electrons. The molecule has 1 atom stereocenters. The molecule has 0 unspecified atom stereocenters. The summed E-state index contributed by atoms with van der Waals surface area (Å²) in [6, 6.07) is 20.3. The van der Waals surface area contributed by atoms with Gasteiger partial charge in [-0.15, -0.1) is 0 Å². The average Bonchev–Trinajstić information content (AvgIpc) is 3.44. The molecule has 1 fully saturated rings. The molecule has 0 saturated carbocycles. The second-order valence-electron chi connectivity index (χ2n) is 10.1. The minimum atomic E-state index is -1.65. The number of fused-ring (bicyclic) bond motifs is 1. The van der Waals surface area contributed by atoms with Crippen molar-refractivity contribution in [2.45, 2.75) is 24.9 Å². The Balaban J connectivity index is 1.27. The van der Waals surface area contributed by atoms with Gasteiger partial charge >= 0.3 is 11.9 Å². The third-order valence-corrected chi connectivity index (χ3v) is 7.45. The van der Waals surface area contributed by atoms with E-state index in [4.69, 9.17) is 14.6 Å². The fourth-order valence-corrected chi connectivity index (χ4v) is 5.52. The Kier molecular flexibility index (Phi) is 8.40. The molecule has 4 aromatic rings. The topological polar surface area (TPSA) is 91.9 Å². The number of benzene rings is 3. The number of hydrogen-bond donors (Lipinski definition) is 2. The Morgan fingerprint density at radius 2 is 1.55 bits per heavy atom. The normalized spacial score (nSPS) is 15.3. The Hall–Kier alpha value is -4.24. The molecule has 1 saturated heterocycles. The number of nitrogens with one attached hydrogen (secondary N) is 1. The number of carboxylic acid groups (broad SMARTS) is 1. The third-order valence-electron chi connectivity index (χ3n) is 7.45. The van der Waals surface area contributed by atoms with Crippen LogP contribution in [0, 0.1) is 17.6 Å². The van der Waals surface area contributed by atoms with Crippen molar-refractivity contribution in [1.82, 2.24) is 9.88 Å². The van der Waals surface area contributed by atoms with Gasteiger partial charge in [-0.1, -0.05) is 30.3 Å². The Morgan fingerprint density at radius 3 is 2.15 bits per heavy atom. The highest BCUT2D eigenvalue weighted by molar-refractivity contribution is 6.28. The number of halogens is 2. The van der Waals surface area contributed by atoms with Crippen LogP contribution in [0.15, 0.2) is 79.0 Å². The maximum Gasteiger partial charge on any atom is 0.417 e. The number of nitrogens with zero attached hydrogens (tertiary/aromatic N) is 1. The van der Waals surface area contributed by atoms with Crippen molar-refractivity contribution in [2.75, 3.05) is 26.2 Å². The lowest BCUT2D eigenvalue weighted by atomic mass is 9.76. The lowest BCUT2D eigenvalue weighted by Gasteiger charge is -2.37. The number of aromatic amines is 1. The summed E-state index contributed by atoms with van der Waals surface area (Å²) in [4.78, 5) is 28.4. The van der Waals surface area contributed by atoms with Crippen molar-refractivity contribution in [3.05, 3.63) is 102 Å². The van der Waals surface area contributed by atoms with Gasteiger partial charge in [0.05, 0.1) is 0 Å². The number of piperidine rings is 1. The number of rotatable bonds is 9. The second kappa shape index (κ2) is 12.3. The first-order valence-electron chi connectivity index (χ1n) is 13.2. The number of aliphatic carboxylic acids is 1. The highest BCUT2D eigenvalue weighted by Crippen LogP contribution is 2.38. The van der Waals surface area contributed by atoms with Gasteiger partial charge in [-0.2, -0.15) is 0 Å². The molecular formula is C31H30F2N2O5. The van der Waals surface area contributed by atoms with Crippen molar-refractivity contribution in [3.63, 3.8) is 0 Å². The summed E-state index contributed by atoms with van der Waals surface area (Å²) in [6.07, 6.45) is 2.60. The number of H-pyrrole nitrogens is 1. The molecule has 9 heteroatoms. The summed E-state index contributed by atoms with van der Waals surface area (Å²) in [6.45, 7) is 1.67. The van der Waals surface area contributed by atoms with Crippen molar-refractivity contribution in [2.24, 2.45) is 5.92 Å². The van der Waals surface area contributed by atoms with Crippen molar-refractivity contribution < 1.29 is 33.0 Å². The van der Waals surface area contributed by atoms with E-state index in [0.717, 1.165) is 34.9 Å². The SMILES string of the molecule is O=C(O)C(=O)O[C@H](COc1cccc2[nH]ccc12)CN1CCC(C(c2ccc(F)cc2)c2ccc(F)cc2)CC1. The first-order chi connectivity index (χ1) is 19.4. The van der Waals surface area contributed by atoms with Crippen LogP contribution in [0.4, 0.5) is 8.78 Å². The lowest BCUT2D eigenvalue weighted by Crippen LogP contribution is -2.44. The standard InChI is InChI=1S/C31H30F2N2O5/c32-23-8-4-20(5-9-23)29(21-6-10-24(33)11-7-21)22-13-16-35(17-14-22)18-25(40-31(38)30(36)37)19-39-28-3-1-2-27-26(28)12-15-34-27/h1-12,15,22,25,29,34H,13-14,16-19H2,(H,36,37)/t25-/m0/s1. The highest BCUT2D eigenvalue weighted by Gasteiger charge is 2.31. The maximum absolute atomic E-state index is 13.7. The third kappa shape index (κ3) is 6.48. The number of ether oxygens (including phenoxy) is 2. The largest absolute Gasteiger partial charge is 0.489 e. The summed E-state index contributed by atoms with van der Waals surface area (Å²) in [5, 5.41) is 9.98.